The zero-order valence-electron chi connectivity index (χ0n) is 9.15. The van der Waals surface area contributed by atoms with Crippen molar-refractivity contribution in [3.8, 4) is 0 Å². The minimum Gasteiger partial charge on any atom is -0.394 e. The highest BCUT2D eigenvalue weighted by Gasteiger charge is 2.24. The first kappa shape index (κ1) is 12.9. The summed E-state index contributed by atoms with van der Waals surface area (Å²) >= 11 is 0. The summed E-state index contributed by atoms with van der Waals surface area (Å²) < 4.78 is 22.3. The van der Waals surface area contributed by atoms with Crippen LogP contribution in [0.15, 0.2) is 0 Å². The molecule has 0 saturated carbocycles. The van der Waals surface area contributed by atoms with E-state index in [1.165, 1.54) is 0 Å². The van der Waals surface area contributed by atoms with Crippen LogP contribution in [0.25, 0.3) is 0 Å². The van der Waals surface area contributed by atoms with E-state index in [4.69, 9.17) is 10.8 Å². The predicted molar refractivity (Wildman–Crippen MR) is 59.4 cm³/mol. The third kappa shape index (κ3) is 4.46. The lowest BCUT2D eigenvalue weighted by Crippen LogP contribution is -2.46. The molecule has 0 aromatic carbocycles. The van der Waals surface area contributed by atoms with Crippen LogP contribution >= 0.6 is 0 Å². The molecule has 1 aliphatic heterocycles. The smallest absolute Gasteiger partial charge is 0.152 e. The number of rotatable bonds is 4. The second-order valence-corrected chi connectivity index (χ2v) is 6.86. The topological polar surface area (TPSA) is 83.6 Å². The molecule has 0 aromatic rings. The highest BCUT2D eigenvalue weighted by atomic mass is 32.2. The van der Waals surface area contributed by atoms with Crippen LogP contribution < -0.4 is 5.73 Å². The molecule has 0 radical (unpaired) electrons. The fourth-order valence-corrected chi connectivity index (χ4v) is 2.74. The number of sulfone groups is 1. The quantitative estimate of drug-likeness (QED) is 0.642. The van der Waals surface area contributed by atoms with Gasteiger partial charge in [-0.15, -0.1) is 0 Å². The zero-order chi connectivity index (χ0) is 11.5. The van der Waals surface area contributed by atoms with E-state index in [1.807, 2.05) is 0 Å². The van der Waals surface area contributed by atoms with Gasteiger partial charge < -0.3 is 15.7 Å². The Morgan fingerprint density at radius 1 is 1.40 bits per heavy atom. The van der Waals surface area contributed by atoms with E-state index in [1.54, 1.807) is 6.92 Å². The molecule has 1 saturated heterocycles. The van der Waals surface area contributed by atoms with E-state index < -0.39 is 15.4 Å². The second-order valence-electron chi connectivity index (χ2n) is 4.56. The molecule has 0 aromatic heterocycles. The number of hydrogen-bond acceptors (Lipinski definition) is 5. The van der Waals surface area contributed by atoms with Crippen molar-refractivity contribution in [1.82, 2.24) is 4.90 Å². The van der Waals surface area contributed by atoms with Crippen molar-refractivity contribution >= 4 is 9.84 Å². The van der Waals surface area contributed by atoms with E-state index in [0.717, 1.165) is 6.54 Å². The minimum atomic E-state index is -2.80. The summed E-state index contributed by atoms with van der Waals surface area (Å²) in [6.45, 7) is 3.68. The molecular formula is C9H20N2O3S. The molecule has 90 valence electrons. The van der Waals surface area contributed by atoms with Gasteiger partial charge >= 0.3 is 0 Å². The Morgan fingerprint density at radius 3 is 2.40 bits per heavy atom. The molecule has 1 heterocycles. The summed E-state index contributed by atoms with van der Waals surface area (Å²) in [6.07, 6.45) is 0.684. The lowest BCUT2D eigenvalue weighted by atomic mass is 10.0. The van der Waals surface area contributed by atoms with Crippen LogP contribution in [0.1, 0.15) is 13.3 Å². The Morgan fingerprint density at radius 2 is 1.93 bits per heavy atom. The van der Waals surface area contributed by atoms with Gasteiger partial charge in [-0.1, -0.05) is 0 Å². The Hall–Kier alpha value is -0.170. The lowest BCUT2D eigenvalue weighted by molar-refractivity contribution is 0.178. The molecule has 5 nitrogen and oxygen atoms in total. The largest absolute Gasteiger partial charge is 0.394 e. The van der Waals surface area contributed by atoms with Crippen LogP contribution in [-0.2, 0) is 9.84 Å². The maximum absolute atomic E-state index is 11.2. The van der Waals surface area contributed by atoms with Gasteiger partial charge in [0.25, 0.3) is 0 Å². The van der Waals surface area contributed by atoms with E-state index >= 15 is 0 Å². The average molecular weight is 236 g/mol. The van der Waals surface area contributed by atoms with Crippen molar-refractivity contribution in [2.45, 2.75) is 18.9 Å². The van der Waals surface area contributed by atoms with Crippen molar-refractivity contribution in [2.24, 2.45) is 5.73 Å². The normalized spacial score (nSPS) is 26.1. The summed E-state index contributed by atoms with van der Waals surface area (Å²) in [5.74, 6) is 0.487. The summed E-state index contributed by atoms with van der Waals surface area (Å²) in [6, 6.07) is 0. The Kier molecular flexibility index (Phi) is 4.11. The van der Waals surface area contributed by atoms with Crippen molar-refractivity contribution in [3.63, 3.8) is 0 Å². The molecule has 0 spiro atoms. The lowest BCUT2D eigenvalue weighted by Gasteiger charge is -2.30. The average Bonchev–Trinajstić information content (AvgIpc) is 2.16. The molecule has 1 fully saturated rings. The van der Waals surface area contributed by atoms with E-state index in [9.17, 15) is 8.42 Å². The molecule has 3 N–H and O–H groups in total. The third-order valence-corrected chi connectivity index (χ3v) is 4.41. The van der Waals surface area contributed by atoms with Crippen LogP contribution in [-0.4, -0.2) is 61.7 Å². The number of aliphatic hydroxyl groups is 1. The monoisotopic (exact) mass is 236 g/mol. The van der Waals surface area contributed by atoms with Crippen molar-refractivity contribution in [2.75, 3.05) is 37.7 Å². The van der Waals surface area contributed by atoms with E-state index in [-0.39, 0.29) is 18.1 Å². The van der Waals surface area contributed by atoms with Gasteiger partial charge in [-0.3, -0.25) is 0 Å². The molecule has 1 atom stereocenters. The van der Waals surface area contributed by atoms with Gasteiger partial charge in [0.1, 0.15) is 0 Å². The number of nitrogens with zero attached hydrogens (tertiary/aromatic N) is 1. The molecule has 1 unspecified atom stereocenters. The van der Waals surface area contributed by atoms with Crippen LogP contribution in [0, 0.1) is 0 Å². The van der Waals surface area contributed by atoms with Crippen molar-refractivity contribution in [1.29, 1.82) is 0 Å². The van der Waals surface area contributed by atoms with Crippen LogP contribution in [0.3, 0.4) is 0 Å². The van der Waals surface area contributed by atoms with Gasteiger partial charge in [0.15, 0.2) is 9.84 Å². The molecule has 15 heavy (non-hydrogen) atoms. The molecule has 6 heteroatoms. The summed E-state index contributed by atoms with van der Waals surface area (Å²) in [5.41, 5.74) is 5.23. The summed E-state index contributed by atoms with van der Waals surface area (Å²) in [7, 11) is -2.80. The fourth-order valence-electron chi connectivity index (χ4n) is 1.47. The van der Waals surface area contributed by atoms with Gasteiger partial charge in [0.05, 0.1) is 18.1 Å². The minimum absolute atomic E-state index is 0.0425. The van der Waals surface area contributed by atoms with Gasteiger partial charge in [-0.25, -0.2) is 8.42 Å². The number of hydrogen-bond donors (Lipinski definition) is 2. The van der Waals surface area contributed by atoms with Gasteiger partial charge in [0, 0.05) is 25.2 Å². The van der Waals surface area contributed by atoms with Gasteiger partial charge in [-0.05, 0) is 13.3 Å². The number of aliphatic hydroxyl groups excluding tert-OH is 1. The standard InChI is InChI=1S/C9H20N2O3S/c1-9(10,8-12)2-3-11-4-6-15(13,14)7-5-11/h12H,2-8,10H2,1H3. The fraction of sp³-hybridized carbons (Fsp3) is 1.00. The zero-order valence-corrected chi connectivity index (χ0v) is 9.96. The van der Waals surface area contributed by atoms with Crippen LogP contribution in [0.2, 0.25) is 0 Å². The molecule has 0 aliphatic carbocycles. The molecule has 1 aliphatic rings. The third-order valence-electron chi connectivity index (χ3n) is 2.80. The maximum Gasteiger partial charge on any atom is 0.152 e. The summed E-state index contributed by atoms with van der Waals surface area (Å²) in [5, 5.41) is 8.97. The summed E-state index contributed by atoms with van der Waals surface area (Å²) in [4.78, 5) is 2.09. The van der Waals surface area contributed by atoms with E-state index in [0.29, 0.717) is 19.5 Å². The molecule has 1 rings (SSSR count). The van der Waals surface area contributed by atoms with Crippen molar-refractivity contribution < 1.29 is 13.5 Å². The SMILES string of the molecule is CC(N)(CO)CCN1CCS(=O)(=O)CC1. The first-order valence-electron chi connectivity index (χ1n) is 5.17. The Bertz CT molecular complexity index is 286. The highest BCUT2D eigenvalue weighted by molar-refractivity contribution is 7.91. The molecular weight excluding hydrogens is 216 g/mol. The predicted octanol–water partition coefficient (Wildman–Crippen LogP) is -1.18. The second kappa shape index (κ2) is 4.78. The number of nitrogens with two attached hydrogens (primary N) is 1. The van der Waals surface area contributed by atoms with Gasteiger partial charge in [0.2, 0.25) is 0 Å². The molecule has 0 amide bonds. The Balaban J connectivity index is 2.31. The first-order chi connectivity index (χ1) is 6.85. The van der Waals surface area contributed by atoms with Crippen LogP contribution in [0.4, 0.5) is 0 Å². The van der Waals surface area contributed by atoms with Crippen LogP contribution in [0.5, 0.6) is 0 Å². The Labute approximate surface area is 91.2 Å². The first-order valence-corrected chi connectivity index (χ1v) is 6.99. The van der Waals surface area contributed by atoms with Crippen molar-refractivity contribution in [3.05, 3.63) is 0 Å². The van der Waals surface area contributed by atoms with Gasteiger partial charge in [-0.2, -0.15) is 0 Å². The highest BCUT2D eigenvalue weighted by Crippen LogP contribution is 2.09. The molecule has 0 bridgehead atoms. The van der Waals surface area contributed by atoms with E-state index in [2.05, 4.69) is 4.90 Å². The maximum atomic E-state index is 11.2.